The van der Waals surface area contributed by atoms with E-state index in [4.69, 9.17) is 11.6 Å². The Labute approximate surface area is 113 Å². The predicted octanol–water partition coefficient (Wildman–Crippen LogP) is 6.11. The van der Waals surface area contributed by atoms with E-state index in [9.17, 15) is 0 Å². The Morgan fingerprint density at radius 2 is 1.94 bits per heavy atom. The zero-order chi connectivity index (χ0) is 12.8. The predicted molar refractivity (Wildman–Crippen MR) is 80.8 cm³/mol. The monoisotopic (exact) mass is 256 g/mol. The first kappa shape index (κ1) is 16.8. The fourth-order valence-electron chi connectivity index (χ4n) is 1.99. The Bertz CT molecular complexity index is 184. The first-order valence-electron chi connectivity index (χ1n) is 7.18. The molecule has 0 aliphatic carbocycles. The van der Waals surface area contributed by atoms with Crippen molar-refractivity contribution in [1.29, 1.82) is 0 Å². The summed E-state index contributed by atoms with van der Waals surface area (Å²) in [7, 11) is 0. The van der Waals surface area contributed by atoms with Gasteiger partial charge in [-0.15, -0.1) is 18.2 Å². The van der Waals surface area contributed by atoms with E-state index in [1.54, 1.807) is 0 Å². The van der Waals surface area contributed by atoms with Gasteiger partial charge in [0, 0.05) is 5.88 Å². The highest BCUT2D eigenvalue weighted by molar-refractivity contribution is 6.17. The SMILES string of the molecule is C=CCC(/C=C/CCCCCl)CCCCCC. The zero-order valence-corrected chi connectivity index (χ0v) is 12.2. The molecule has 0 aromatic carbocycles. The third-order valence-electron chi connectivity index (χ3n) is 3.06. The van der Waals surface area contributed by atoms with Crippen molar-refractivity contribution in [3.63, 3.8) is 0 Å². The minimum Gasteiger partial charge on any atom is -0.127 e. The first-order chi connectivity index (χ1) is 8.35. The Kier molecular flexibility index (Phi) is 13.6. The highest BCUT2D eigenvalue weighted by Crippen LogP contribution is 2.17. The molecule has 0 aliphatic rings. The standard InChI is InChI=1S/C16H29Cl/c1-3-5-6-9-13-16(12-4-2)14-10-7-8-11-15-17/h4,10,14,16H,2-3,5-9,11-13,15H2,1H3/b14-10+. The molecule has 0 bridgehead atoms. The first-order valence-corrected chi connectivity index (χ1v) is 7.72. The van der Waals surface area contributed by atoms with Crippen LogP contribution >= 0.6 is 11.6 Å². The van der Waals surface area contributed by atoms with Crippen LogP contribution in [0.1, 0.15) is 64.7 Å². The molecule has 0 heterocycles. The lowest BCUT2D eigenvalue weighted by Crippen LogP contribution is -1.95. The van der Waals surface area contributed by atoms with Crippen molar-refractivity contribution in [2.75, 3.05) is 5.88 Å². The molecule has 0 aromatic rings. The smallest absolute Gasteiger partial charge is 0.0223 e. The third-order valence-corrected chi connectivity index (χ3v) is 3.33. The van der Waals surface area contributed by atoms with Crippen LogP contribution in [0.15, 0.2) is 24.8 Å². The largest absolute Gasteiger partial charge is 0.127 e. The van der Waals surface area contributed by atoms with E-state index in [-0.39, 0.29) is 0 Å². The van der Waals surface area contributed by atoms with Crippen molar-refractivity contribution in [1.82, 2.24) is 0 Å². The molecule has 0 N–H and O–H groups in total. The maximum Gasteiger partial charge on any atom is 0.0223 e. The molecule has 17 heavy (non-hydrogen) atoms. The number of halogens is 1. The second-order valence-corrected chi connectivity index (χ2v) is 5.12. The fraction of sp³-hybridized carbons (Fsp3) is 0.750. The van der Waals surface area contributed by atoms with Gasteiger partial charge in [0.1, 0.15) is 0 Å². The van der Waals surface area contributed by atoms with E-state index in [2.05, 4.69) is 25.7 Å². The Hall–Kier alpha value is -0.230. The molecule has 0 nitrogen and oxygen atoms in total. The molecule has 0 saturated carbocycles. The van der Waals surface area contributed by atoms with Gasteiger partial charge in [0.05, 0.1) is 0 Å². The molecule has 0 rings (SSSR count). The number of rotatable bonds is 12. The van der Waals surface area contributed by atoms with Gasteiger partial charge in [-0.25, -0.2) is 0 Å². The van der Waals surface area contributed by atoms with Crippen molar-refractivity contribution < 1.29 is 0 Å². The zero-order valence-electron chi connectivity index (χ0n) is 11.5. The van der Waals surface area contributed by atoms with Gasteiger partial charge in [0.25, 0.3) is 0 Å². The molecular formula is C16H29Cl. The summed E-state index contributed by atoms with van der Waals surface area (Å²) in [5.74, 6) is 1.50. The highest BCUT2D eigenvalue weighted by Gasteiger charge is 2.01. The van der Waals surface area contributed by atoms with Crippen LogP contribution in [0.5, 0.6) is 0 Å². The number of unbranched alkanes of at least 4 members (excludes halogenated alkanes) is 5. The molecule has 0 aliphatic heterocycles. The second kappa shape index (κ2) is 13.8. The molecule has 0 amide bonds. The Morgan fingerprint density at radius 1 is 1.12 bits per heavy atom. The van der Waals surface area contributed by atoms with Crippen molar-refractivity contribution in [2.45, 2.75) is 64.7 Å². The van der Waals surface area contributed by atoms with Crippen LogP contribution in [0.2, 0.25) is 0 Å². The summed E-state index contributed by atoms with van der Waals surface area (Å²) in [6.45, 7) is 6.11. The summed E-state index contributed by atoms with van der Waals surface area (Å²) in [5, 5.41) is 0. The van der Waals surface area contributed by atoms with E-state index in [1.165, 1.54) is 44.9 Å². The summed E-state index contributed by atoms with van der Waals surface area (Å²) in [5.41, 5.74) is 0. The second-order valence-electron chi connectivity index (χ2n) is 4.75. The lowest BCUT2D eigenvalue weighted by molar-refractivity contribution is 0.533. The van der Waals surface area contributed by atoms with Crippen molar-refractivity contribution in [3.05, 3.63) is 24.8 Å². The number of hydrogen-bond donors (Lipinski definition) is 0. The highest BCUT2D eigenvalue weighted by atomic mass is 35.5. The molecule has 1 heteroatoms. The molecule has 0 fully saturated rings. The molecule has 0 spiro atoms. The van der Waals surface area contributed by atoms with Crippen molar-refractivity contribution in [2.24, 2.45) is 5.92 Å². The normalized spacial score (nSPS) is 13.1. The van der Waals surface area contributed by atoms with E-state index < -0.39 is 0 Å². The minimum atomic E-state index is 0.709. The Balaban J connectivity index is 3.68. The summed E-state index contributed by atoms with van der Waals surface area (Å²) in [4.78, 5) is 0. The van der Waals surface area contributed by atoms with Gasteiger partial charge in [0.15, 0.2) is 0 Å². The molecule has 0 radical (unpaired) electrons. The lowest BCUT2D eigenvalue weighted by Gasteiger charge is -2.09. The quantitative estimate of drug-likeness (QED) is 0.224. The summed E-state index contributed by atoms with van der Waals surface area (Å²) in [6.07, 6.45) is 18.2. The third kappa shape index (κ3) is 12.0. The Morgan fingerprint density at radius 3 is 2.59 bits per heavy atom. The van der Waals surface area contributed by atoms with Crippen LogP contribution in [0.4, 0.5) is 0 Å². The van der Waals surface area contributed by atoms with Gasteiger partial charge < -0.3 is 0 Å². The van der Waals surface area contributed by atoms with E-state index in [0.29, 0.717) is 5.92 Å². The van der Waals surface area contributed by atoms with Gasteiger partial charge in [-0.3, -0.25) is 0 Å². The van der Waals surface area contributed by atoms with Crippen LogP contribution < -0.4 is 0 Å². The fourth-order valence-corrected chi connectivity index (χ4v) is 2.17. The van der Waals surface area contributed by atoms with Crippen LogP contribution in [-0.2, 0) is 0 Å². The molecular weight excluding hydrogens is 228 g/mol. The topological polar surface area (TPSA) is 0 Å². The van der Waals surface area contributed by atoms with Crippen LogP contribution in [-0.4, -0.2) is 5.88 Å². The molecule has 1 unspecified atom stereocenters. The van der Waals surface area contributed by atoms with Crippen molar-refractivity contribution >= 4 is 11.6 Å². The molecule has 0 aromatic heterocycles. The van der Waals surface area contributed by atoms with Gasteiger partial charge in [-0.1, -0.05) is 50.8 Å². The van der Waals surface area contributed by atoms with Crippen LogP contribution in [0, 0.1) is 5.92 Å². The minimum absolute atomic E-state index is 0.709. The van der Waals surface area contributed by atoms with E-state index in [0.717, 1.165) is 18.7 Å². The average molecular weight is 257 g/mol. The molecule has 0 saturated heterocycles. The lowest BCUT2D eigenvalue weighted by atomic mass is 9.96. The number of hydrogen-bond acceptors (Lipinski definition) is 0. The average Bonchev–Trinajstić information content (AvgIpc) is 2.34. The maximum atomic E-state index is 5.65. The van der Waals surface area contributed by atoms with Crippen LogP contribution in [0.3, 0.4) is 0 Å². The molecule has 100 valence electrons. The summed E-state index contributed by atoms with van der Waals surface area (Å²) >= 11 is 5.65. The maximum absolute atomic E-state index is 5.65. The summed E-state index contributed by atoms with van der Waals surface area (Å²) in [6, 6.07) is 0. The van der Waals surface area contributed by atoms with Gasteiger partial charge >= 0.3 is 0 Å². The van der Waals surface area contributed by atoms with Gasteiger partial charge in [0.2, 0.25) is 0 Å². The van der Waals surface area contributed by atoms with Crippen LogP contribution in [0.25, 0.3) is 0 Å². The van der Waals surface area contributed by atoms with Gasteiger partial charge in [-0.05, 0) is 38.0 Å². The number of allylic oxidation sites excluding steroid dienone is 3. The van der Waals surface area contributed by atoms with Gasteiger partial charge in [-0.2, -0.15) is 0 Å². The number of alkyl halides is 1. The summed E-state index contributed by atoms with van der Waals surface area (Å²) < 4.78 is 0. The van der Waals surface area contributed by atoms with E-state index in [1.807, 2.05) is 6.08 Å². The molecule has 1 atom stereocenters. The van der Waals surface area contributed by atoms with E-state index >= 15 is 0 Å². The van der Waals surface area contributed by atoms with Crippen molar-refractivity contribution in [3.8, 4) is 0 Å².